The van der Waals surface area contributed by atoms with Gasteiger partial charge in [-0.3, -0.25) is 14.9 Å². The van der Waals surface area contributed by atoms with Crippen LogP contribution in [0.2, 0.25) is 0 Å². The third-order valence-corrected chi connectivity index (χ3v) is 1.87. The number of non-ortho nitro benzene ring substituents is 1. The minimum Gasteiger partial charge on any atom is -0.327 e. The van der Waals surface area contributed by atoms with E-state index in [0.717, 1.165) is 0 Å². The molecule has 0 saturated heterocycles. The van der Waals surface area contributed by atoms with E-state index in [1.54, 1.807) is 6.92 Å². The number of hydrogen-bond donors (Lipinski definition) is 2. The van der Waals surface area contributed by atoms with Crippen molar-refractivity contribution in [1.82, 2.24) is 0 Å². The Morgan fingerprint density at radius 2 is 2.06 bits per heavy atom. The molecule has 1 amide bonds. The number of nitrogens with two attached hydrogens (primary N) is 1. The molecule has 0 bridgehead atoms. The number of carbonyl (C=O) groups excluding carboxylic acids is 1. The quantitative estimate of drug-likeness (QED) is 0.593. The molecule has 0 aliphatic rings. The fraction of sp³-hybridized carbons (Fsp3) is 0.300. The Kier molecular flexibility index (Phi) is 3.96. The topological polar surface area (TPSA) is 98.3 Å². The lowest BCUT2D eigenvalue weighted by molar-refractivity contribution is -0.384. The third kappa shape index (κ3) is 3.66. The summed E-state index contributed by atoms with van der Waals surface area (Å²) in [4.78, 5) is 21.2. The van der Waals surface area contributed by atoms with E-state index in [0.29, 0.717) is 5.69 Å². The monoisotopic (exact) mass is 223 g/mol. The minimum absolute atomic E-state index is 0.00908. The molecule has 1 unspecified atom stereocenters. The maximum atomic E-state index is 11.3. The number of nitrogens with one attached hydrogen (secondary N) is 1. The van der Waals surface area contributed by atoms with Crippen LogP contribution in [-0.4, -0.2) is 16.9 Å². The Labute approximate surface area is 92.6 Å². The van der Waals surface area contributed by atoms with Crippen molar-refractivity contribution in [2.24, 2.45) is 5.73 Å². The van der Waals surface area contributed by atoms with Crippen molar-refractivity contribution in [2.75, 3.05) is 5.32 Å². The first kappa shape index (κ1) is 12.1. The first-order valence-electron chi connectivity index (χ1n) is 4.79. The summed E-state index contributed by atoms with van der Waals surface area (Å²) in [7, 11) is 0. The van der Waals surface area contributed by atoms with Gasteiger partial charge in [0.15, 0.2) is 0 Å². The smallest absolute Gasteiger partial charge is 0.269 e. The molecule has 86 valence electrons. The summed E-state index contributed by atoms with van der Waals surface area (Å²) in [6, 6.07) is 5.43. The van der Waals surface area contributed by atoms with Crippen molar-refractivity contribution >= 4 is 17.3 Å². The molecule has 0 fully saturated rings. The number of benzene rings is 1. The fourth-order valence-corrected chi connectivity index (χ4v) is 1.17. The molecule has 1 atom stereocenters. The number of hydrogen-bond acceptors (Lipinski definition) is 4. The molecule has 6 heteroatoms. The summed E-state index contributed by atoms with van der Waals surface area (Å²) in [6.07, 6.45) is 0.219. The number of carbonyl (C=O) groups is 1. The number of nitro groups is 1. The highest BCUT2D eigenvalue weighted by Crippen LogP contribution is 2.15. The fourth-order valence-electron chi connectivity index (χ4n) is 1.17. The van der Waals surface area contributed by atoms with Gasteiger partial charge in [0.1, 0.15) is 0 Å². The standard InChI is InChI=1S/C10H13N3O3/c1-7(11)6-10(14)12-8-2-4-9(5-3-8)13(15)16/h2-5,7H,6,11H2,1H3,(H,12,14). The van der Waals surface area contributed by atoms with Gasteiger partial charge in [-0.15, -0.1) is 0 Å². The van der Waals surface area contributed by atoms with Crippen LogP contribution in [0.4, 0.5) is 11.4 Å². The Morgan fingerprint density at radius 3 is 2.50 bits per heavy atom. The van der Waals surface area contributed by atoms with Crippen LogP contribution in [0.3, 0.4) is 0 Å². The number of rotatable bonds is 4. The molecule has 0 aliphatic heterocycles. The average Bonchev–Trinajstić information content (AvgIpc) is 2.16. The van der Waals surface area contributed by atoms with Crippen LogP contribution in [0, 0.1) is 10.1 Å². The molecule has 0 saturated carbocycles. The molecule has 6 nitrogen and oxygen atoms in total. The molecule has 3 N–H and O–H groups in total. The molecule has 0 radical (unpaired) electrons. The predicted molar refractivity (Wildman–Crippen MR) is 60.0 cm³/mol. The van der Waals surface area contributed by atoms with Crippen molar-refractivity contribution in [1.29, 1.82) is 0 Å². The Balaban J connectivity index is 2.62. The number of amides is 1. The van der Waals surface area contributed by atoms with Crippen molar-refractivity contribution in [2.45, 2.75) is 19.4 Å². The van der Waals surface area contributed by atoms with E-state index in [1.807, 2.05) is 0 Å². The second kappa shape index (κ2) is 5.22. The molecule has 1 aromatic carbocycles. The molecule has 0 heterocycles. The Morgan fingerprint density at radius 1 is 1.50 bits per heavy atom. The van der Waals surface area contributed by atoms with Crippen LogP contribution in [0.15, 0.2) is 24.3 Å². The summed E-state index contributed by atoms with van der Waals surface area (Å²) in [5.41, 5.74) is 5.98. The molecule has 0 aromatic heterocycles. The van der Waals surface area contributed by atoms with Gasteiger partial charge in [-0.25, -0.2) is 0 Å². The first-order chi connectivity index (χ1) is 7.49. The summed E-state index contributed by atoms with van der Waals surface area (Å²) in [5, 5.41) is 13.0. The normalized spacial score (nSPS) is 11.9. The summed E-state index contributed by atoms with van der Waals surface area (Å²) < 4.78 is 0. The van der Waals surface area contributed by atoms with E-state index in [2.05, 4.69) is 5.32 Å². The summed E-state index contributed by atoms with van der Waals surface area (Å²) >= 11 is 0. The van der Waals surface area contributed by atoms with Crippen molar-refractivity contribution in [3.05, 3.63) is 34.4 Å². The van der Waals surface area contributed by atoms with Gasteiger partial charge in [0, 0.05) is 30.3 Å². The maximum Gasteiger partial charge on any atom is 0.269 e. The van der Waals surface area contributed by atoms with Crippen molar-refractivity contribution in [3.63, 3.8) is 0 Å². The highest BCUT2D eigenvalue weighted by atomic mass is 16.6. The van der Waals surface area contributed by atoms with Gasteiger partial charge < -0.3 is 11.1 Å². The van der Waals surface area contributed by atoms with Crippen LogP contribution < -0.4 is 11.1 Å². The van der Waals surface area contributed by atoms with Gasteiger partial charge in [-0.1, -0.05) is 0 Å². The second-order valence-electron chi connectivity index (χ2n) is 3.53. The molecule has 16 heavy (non-hydrogen) atoms. The SMILES string of the molecule is CC(N)CC(=O)Nc1ccc([N+](=O)[O-])cc1. The van der Waals surface area contributed by atoms with Gasteiger partial charge in [0.25, 0.3) is 5.69 Å². The second-order valence-corrected chi connectivity index (χ2v) is 3.53. The molecule has 1 rings (SSSR count). The number of nitrogens with zero attached hydrogens (tertiary/aromatic N) is 1. The lowest BCUT2D eigenvalue weighted by Gasteiger charge is -2.06. The third-order valence-electron chi connectivity index (χ3n) is 1.87. The lowest BCUT2D eigenvalue weighted by atomic mass is 10.2. The zero-order valence-electron chi connectivity index (χ0n) is 8.84. The van der Waals surface area contributed by atoms with E-state index in [1.165, 1.54) is 24.3 Å². The first-order valence-corrected chi connectivity index (χ1v) is 4.79. The van der Waals surface area contributed by atoms with Crippen LogP contribution in [-0.2, 0) is 4.79 Å². The van der Waals surface area contributed by atoms with Gasteiger partial charge in [0.2, 0.25) is 5.91 Å². The largest absolute Gasteiger partial charge is 0.327 e. The van der Waals surface area contributed by atoms with Gasteiger partial charge in [0.05, 0.1) is 4.92 Å². The predicted octanol–water partition coefficient (Wildman–Crippen LogP) is 1.27. The zero-order valence-corrected chi connectivity index (χ0v) is 8.84. The maximum absolute atomic E-state index is 11.3. The Bertz CT molecular complexity index is 387. The van der Waals surface area contributed by atoms with E-state index < -0.39 is 4.92 Å². The average molecular weight is 223 g/mol. The van der Waals surface area contributed by atoms with Crippen LogP contribution in [0.1, 0.15) is 13.3 Å². The van der Waals surface area contributed by atoms with E-state index in [-0.39, 0.29) is 24.1 Å². The van der Waals surface area contributed by atoms with Crippen LogP contribution >= 0.6 is 0 Å². The number of anilines is 1. The van der Waals surface area contributed by atoms with E-state index >= 15 is 0 Å². The molecular formula is C10H13N3O3. The molecule has 0 spiro atoms. The summed E-state index contributed by atoms with van der Waals surface area (Å²) in [6.45, 7) is 1.73. The molecule has 0 aliphatic carbocycles. The van der Waals surface area contributed by atoms with Crippen molar-refractivity contribution in [3.8, 4) is 0 Å². The van der Waals surface area contributed by atoms with E-state index in [9.17, 15) is 14.9 Å². The van der Waals surface area contributed by atoms with Gasteiger partial charge in [-0.2, -0.15) is 0 Å². The zero-order chi connectivity index (χ0) is 12.1. The highest BCUT2D eigenvalue weighted by molar-refractivity contribution is 5.91. The Hall–Kier alpha value is -1.95. The molecular weight excluding hydrogens is 210 g/mol. The number of nitro benzene ring substituents is 1. The highest BCUT2D eigenvalue weighted by Gasteiger charge is 2.07. The molecule has 1 aromatic rings. The van der Waals surface area contributed by atoms with Crippen LogP contribution in [0.5, 0.6) is 0 Å². The van der Waals surface area contributed by atoms with Crippen molar-refractivity contribution < 1.29 is 9.72 Å². The van der Waals surface area contributed by atoms with Crippen LogP contribution in [0.25, 0.3) is 0 Å². The van der Waals surface area contributed by atoms with E-state index in [4.69, 9.17) is 5.73 Å². The minimum atomic E-state index is -0.493. The summed E-state index contributed by atoms with van der Waals surface area (Å²) in [5.74, 6) is -0.205. The lowest BCUT2D eigenvalue weighted by Crippen LogP contribution is -2.23. The van der Waals surface area contributed by atoms with Gasteiger partial charge in [-0.05, 0) is 19.1 Å². The van der Waals surface area contributed by atoms with Gasteiger partial charge >= 0.3 is 0 Å².